The van der Waals surface area contributed by atoms with Crippen LogP contribution in [0.2, 0.25) is 0 Å². The third-order valence-corrected chi connectivity index (χ3v) is 1.37. The van der Waals surface area contributed by atoms with Crippen molar-refractivity contribution in [2.75, 3.05) is 24.7 Å². The number of hydrogen-bond donors (Lipinski definition) is 0. The fourth-order valence-corrected chi connectivity index (χ4v) is 0.660. The third-order valence-electron chi connectivity index (χ3n) is 0.455. The molecule has 4 heteroatoms. The number of rotatable bonds is 4. The molecule has 8 heavy (non-hydrogen) atoms. The quantitative estimate of drug-likeness (QED) is 0.341. The topological polar surface area (TPSA) is 46.1 Å². The van der Waals surface area contributed by atoms with Crippen LogP contribution in [0.25, 0.3) is 0 Å². The maximum absolute atomic E-state index is 9.68. The van der Waals surface area contributed by atoms with Crippen molar-refractivity contribution in [2.24, 2.45) is 0 Å². The first kappa shape index (κ1) is 11.8. The van der Waals surface area contributed by atoms with Crippen LogP contribution in [-0.2, 0) is 0 Å². The van der Waals surface area contributed by atoms with Crippen LogP contribution in [-0.4, -0.2) is 47.8 Å². The normalized spacial score (nSPS) is 8.25. The van der Waals surface area contributed by atoms with Gasteiger partial charge in [-0.2, -0.15) is 11.8 Å². The van der Waals surface area contributed by atoms with E-state index in [2.05, 4.69) is 0 Å². The van der Waals surface area contributed by atoms with Gasteiger partial charge in [-0.1, -0.05) is 0 Å². The molecule has 0 aliphatic carbocycles. The SMILES string of the molecule is [Mg+2].[O-]CCSCC[O-]. The molecule has 0 saturated heterocycles. The summed E-state index contributed by atoms with van der Waals surface area (Å²) < 4.78 is 0. The fraction of sp³-hybridized carbons (Fsp3) is 1.00. The molecule has 0 atom stereocenters. The molecule has 0 spiro atoms. The van der Waals surface area contributed by atoms with Gasteiger partial charge in [0.15, 0.2) is 0 Å². The molecular formula is C4H8MgO2S. The summed E-state index contributed by atoms with van der Waals surface area (Å²) in [6.07, 6.45) is 0. The zero-order valence-electron chi connectivity index (χ0n) is 4.76. The minimum Gasteiger partial charge on any atom is -0.854 e. The van der Waals surface area contributed by atoms with Crippen LogP contribution in [0, 0.1) is 0 Å². The van der Waals surface area contributed by atoms with Crippen LogP contribution in [0.1, 0.15) is 0 Å². The van der Waals surface area contributed by atoms with E-state index < -0.39 is 0 Å². The van der Waals surface area contributed by atoms with E-state index in [0.717, 1.165) is 0 Å². The van der Waals surface area contributed by atoms with Gasteiger partial charge in [0.05, 0.1) is 0 Å². The maximum Gasteiger partial charge on any atom is 2.00 e. The van der Waals surface area contributed by atoms with E-state index >= 15 is 0 Å². The van der Waals surface area contributed by atoms with Crippen molar-refractivity contribution >= 4 is 34.8 Å². The van der Waals surface area contributed by atoms with Crippen LogP contribution >= 0.6 is 11.8 Å². The van der Waals surface area contributed by atoms with Crippen LogP contribution in [0.5, 0.6) is 0 Å². The van der Waals surface area contributed by atoms with Crippen LogP contribution in [0.4, 0.5) is 0 Å². The molecule has 0 aromatic rings. The van der Waals surface area contributed by atoms with E-state index in [-0.39, 0.29) is 36.3 Å². The van der Waals surface area contributed by atoms with E-state index in [4.69, 9.17) is 0 Å². The maximum atomic E-state index is 9.68. The van der Waals surface area contributed by atoms with Gasteiger partial charge >= 0.3 is 23.1 Å². The second kappa shape index (κ2) is 10.9. The molecule has 0 radical (unpaired) electrons. The van der Waals surface area contributed by atoms with Gasteiger partial charge in [-0.25, -0.2) is 0 Å². The van der Waals surface area contributed by atoms with Gasteiger partial charge in [-0.15, -0.1) is 13.2 Å². The molecule has 0 aromatic carbocycles. The second-order valence-electron chi connectivity index (χ2n) is 1.02. The molecule has 0 aliphatic rings. The zero-order valence-corrected chi connectivity index (χ0v) is 6.99. The Balaban J connectivity index is 0. The average Bonchev–Trinajstić information content (AvgIpc) is 1.69. The largest absolute Gasteiger partial charge is 2.00 e. The van der Waals surface area contributed by atoms with Gasteiger partial charge in [0.25, 0.3) is 0 Å². The van der Waals surface area contributed by atoms with E-state index in [1.54, 1.807) is 0 Å². The Morgan fingerprint density at radius 2 is 1.38 bits per heavy atom. The average molecular weight is 144 g/mol. The number of hydrogen-bond acceptors (Lipinski definition) is 3. The summed E-state index contributed by atoms with van der Waals surface area (Å²) in [7, 11) is 0. The van der Waals surface area contributed by atoms with Crippen LogP contribution in [0.15, 0.2) is 0 Å². The summed E-state index contributed by atoms with van der Waals surface area (Å²) in [5.74, 6) is 1.17. The first-order valence-electron chi connectivity index (χ1n) is 2.15. The van der Waals surface area contributed by atoms with Gasteiger partial charge in [-0.3, -0.25) is 0 Å². The van der Waals surface area contributed by atoms with Crippen LogP contribution < -0.4 is 10.2 Å². The van der Waals surface area contributed by atoms with Crippen molar-refractivity contribution in [1.82, 2.24) is 0 Å². The summed E-state index contributed by atoms with van der Waals surface area (Å²) >= 11 is 1.43. The monoisotopic (exact) mass is 144 g/mol. The molecule has 0 rings (SSSR count). The predicted octanol–water partition coefficient (Wildman–Crippen LogP) is -1.94. The standard InChI is InChI=1S/C4H8O2S.Mg/c5-1-3-7-4-2-6;/h1-4H2;/q-2;+2. The molecule has 0 amide bonds. The summed E-state index contributed by atoms with van der Waals surface area (Å²) in [5.41, 5.74) is 0. The Bertz CT molecular complexity index is 33.2. The van der Waals surface area contributed by atoms with Crippen molar-refractivity contribution in [1.29, 1.82) is 0 Å². The van der Waals surface area contributed by atoms with E-state index in [9.17, 15) is 10.2 Å². The first-order chi connectivity index (χ1) is 3.41. The Kier molecular flexibility index (Phi) is 16.1. The van der Waals surface area contributed by atoms with E-state index in [0.29, 0.717) is 11.5 Å². The molecule has 0 heterocycles. The van der Waals surface area contributed by atoms with Crippen molar-refractivity contribution in [3.05, 3.63) is 0 Å². The molecule has 0 aliphatic heterocycles. The summed E-state index contributed by atoms with van der Waals surface area (Å²) in [6.45, 7) is -0.130. The Morgan fingerprint density at radius 3 is 1.62 bits per heavy atom. The van der Waals surface area contributed by atoms with Crippen LogP contribution in [0.3, 0.4) is 0 Å². The fourth-order valence-electron chi connectivity index (χ4n) is 0.220. The van der Waals surface area contributed by atoms with Gasteiger partial charge in [0, 0.05) is 0 Å². The Labute approximate surface area is 69.8 Å². The molecule has 2 nitrogen and oxygen atoms in total. The van der Waals surface area contributed by atoms with Crippen molar-refractivity contribution in [2.45, 2.75) is 0 Å². The van der Waals surface area contributed by atoms with Gasteiger partial charge < -0.3 is 10.2 Å². The summed E-state index contributed by atoms with van der Waals surface area (Å²) in [5, 5.41) is 19.4. The second-order valence-corrected chi connectivity index (χ2v) is 2.25. The van der Waals surface area contributed by atoms with Crippen molar-refractivity contribution in [3.8, 4) is 0 Å². The zero-order chi connectivity index (χ0) is 5.54. The van der Waals surface area contributed by atoms with Gasteiger partial charge in [-0.05, 0) is 11.5 Å². The van der Waals surface area contributed by atoms with Gasteiger partial charge in [0.2, 0.25) is 0 Å². The van der Waals surface area contributed by atoms with E-state index in [1.165, 1.54) is 11.8 Å². The third kappa shape index (κ3) is 10.1. The smallest absolute Gasteiger partial charge is 0.854 e. The minimum absolute atomic E-state index is 0. The number of thioether (sulfide) groups is 1. The molecule has 44 valence electrons. The Hall–Kier alpha value is 1.04. The van der Waals surface area contributed by atoms with Crippen molar-refractivity contribution in [3.63, 3.8) is 0 Å². The molecule has 0 saturated carbocycles. The molecular weight excluding hydrogens is 136 g/mol. The molecule has 0 aromatic heterocycles. The molecule has 0 unspecified atom stereocenters. The van der Waals surface area contributed by atoms with Crippen molar-refractivity contribution < 1.29 is 10.2 Å². The minimum atomic E-state index is -0.0648. The molecule has 0 bridgehead atoms. The Morgan fingerprint density at radius 1 is 1.00 bits per heavy atom. The first-order valence-corrected chi connectivity index (χ1v) is 3.31. The van der Waals surface area contributed by atoms with Gasteiger partial charge in [0.1, 0.15) is 0 Å². The molecule has 0 fully saturated rings. The molecule has 0 N–H and O–H groups in total. The summed E-state index contributed by atoms with van der Waals surface area (Å²) in [4.78, 5) is 0. The summed E-state index contributed by atoms with van der Waals surface area (Å²) in [6, 6.07) is 0. The van der Waals surface area contributed by atoms with E-state index in [1.807, 2.05) is 0 Å². The predicted molar refractivity (Wildman–Crippen MR) is 32.8 cm³/mol.